The van der Waals surface area contributed by atoms with E-state index in [1.165, 1.54) is 23.5 Å². The van der Waals surface area contributed by atoms with E-state index >= 15 is 0 Å². The van der Waals surface area contributed by atoms with Gasteiger partial charge in [-0.25, -0.2) is 13.8 Å². The van der Waals surface area contributed by atoms with Crippen molar-refractivity contribution in [3.8, 4) is 11.3 Å². The lowest BCUT2D eigenvalue weighted by molar-refractivity contribution is 0.102. The second kappa shape index (κ2) is 7.76. The van der Waals surface area contributed by atoms with E-state index in [0.29, 0.717) is 16.4 Å². The zero-order chi connectivity index (χ0) is 17.8. The summed E-state index contributed by atoms with van der Waals surface area (Å²) in [4.78, 5) is 17.6. The van der Waals surface area contributed by atoms with Gasteiger partial charge in [-0.2, -0.15) is 0 Å². The normalized spacial score (nSPS) is 10.7. The Morgan fingerprint density at radius 2 is 2.08 bits per heavy atom. The van der Waals surface area contributed by atoms with Gasteiger partial charge < -0.3 is 0 Å². The van der Waals surface area contributed by atoms with Crippen LogP contribution in [0.25, 0.3) is 11.3 Å². The molecule has 0 aliphatic heterocycles. The van der Waals surface area contributed by atoms with Crippen molar-refractivity contribution < 1.29 is 13.6 Å². The quantitative estimate of drug-likeness (QED) is 0.602. The number of aromatic nitrogens is 1. The molecule has 0 aliphatic rings. The number of hydrogen-bond acceptors (Lipinski definition) is 4. The van der Waals surface area contributed by atoms with E-state index in [-0.39, 0.29) is 11.5 Å². The molecule has 0 unspecified atom stereocenters. The number of hydrogen-bond donors (Lipinski definition) is 1. The van der Waals surface area contributed by atoms with Gasteiger partial charge in [0, 0.05) is 27.5 Å². The lowest BCUT2D eigenvalue weighted by Crippen LogP contribution is -2.11. The summed E-state index contributed by atoms with van der Waals surface area (Å²) < 4.78 is 26.8. The Kier molecular flexibility index (Phi) is 5.45. The average molecular weight is 376 g/mol. The monoisotopic (exact) mass is 376 g/mol. The molecule has 7 heteroatoms. The third kappa shape index (κ3) is 4.24. The largest absolute Gasteiger partial charge is 0.298 e. The second-order valence-corrected chi connectivity index (χ2v) is 7.27. The molecule has 3 aromatic rings. The Balaban J connectivity index is 1.77. The number of thioether (sulfide) groups is 1. The van der Waals surface area contributed by atoms with Crippen LogP contribution >= 0.6 is 23.1 Å². The standard InChI is InChI=1S/C18H14F2N2OS2/c1-2-24-13-5-3-4-11(8-13)17(23)22-18-21-16(10-25-18)14-7-6-12(19)9-15(14)20/h3-10H,2H2,1H3,(H,21,22,23). The number of benzene rings is 2. The predicted octanol–water partition coefficient (Wildman–Crippen LogP) is 5.45. The summed E-state index contributed by atoms with van der Waals surface area (Å²) in [5.74, 6) is -0.689. The van der Waals surface area contributed by atoms with Crippen LogP contribution in [0.4, 0.5) is 13.9 Å². The van der Waals surface area contributed by atoms with Gasteiger partial charge >= 0.3 is 0 Å². The van der Waals surface area contributed by atoms with E-state index in [4.69, 9.17) is 0 Å². The first-order valence-corrected chi connectivity index (χ1v) is 9.38. The summed E-state index contributed by atoms with van der Waals surface area (Å²) in [7, 11) is 0. The fourth-order valence-electron chi connectivity index (χ4n) is 2.22. The first-order chi connectivity index (χ1) is 12.1. The van der Waals surface area contributed by atoms with Crippen molar-refractivity contribution in [1.29, 1.82) is 0 Å². The summed E-state index contributed by atoms with van der Waals surface area (Å²) in [5, 5.41) is 4.69. The van der Waals surface area contributed by atoms with Crippen LogP contribution < -0.4 is 5.32 Å². The maximum absolute atomic E-state index is 13.8. The molecule has 25 heavy (non-hydrogen) atoms. The molecular formula is C18H14F2N2OS2. The summed E-state index contributed by atoms with van der Waals surface area (Å²) in [6.45, 7) is 2.04. The Labute approximate surface area is 152 Å². The van der Waals surface area contributed by atoms with Crippen molar-refractivity contribution >= 4 is 34.1 Å². The molecule has 2 aromatic carbocycles. The first kappa shape index (κ1) is 17.6. The third-order valence-electron chi connectivity index (χ3n) is 3.34. The van der Waals surface area contributed by atoms with Crippen LogP contribution in [0.5, 0.6) is 0 Å². The maximum Gasteiger partial charge on any atom is 0.257 e. The Morgan fingerprint density at radius 3 is 2.84 bits per heavy atom. The SMILES string of the molecule is CCSc1cccc(C(=O)Nc2nc(-c3ccc(F)cc3F)cs2)c1. The van der Waals surface area contributed by atoms with Gasteiger partial charge in [0.25, 0.3) is 5.91 Å². The van der Waals surface area contributed by atoms with Gasteiger partial charge in [0.2, 0.25) is 0 Å². The third-order valence-corrected chi connectivity index (χ3v) is 4.97. The van der Waals surface area contributed by atoms with Gasteiger partial charge in [-0.05, 0) is 36.1 Å². The van der Waals surface area contributed by atoms with Crippen LogP contribution in [-0.2, 0) is 0 Å². The summed E-state index contributed by atoms with van der Waals surface area (Å²) in [6, 6.07) is 10.6. The molecule has 0 radical (unpaired) electrons. The minimum absolute atomic E-state index is 0.194. The number of rotatable bonds is 5. The molecule has 0 bridgehead atoms. The molecular weight excluding hydrogens is 362 g/mol. The van der Waals surface area contributed by atoms with Gasteiger partial charge in [-0.3, -0.25) is 10.1 Å². The molecule has 128 valence electrons. The highest BCUT2D eigenvalue weighted by molar-refractivity contribution is 7.99. The fourth-order valence-corrected chi connectivity index (χ4v) is 3.64. The summed E-state index contributed by atoms with van der Waals surface area (Å²) in [5.41, 5.74) is 1.08. The molecule has 0 spiro atoms. The maximum atomic E-state index is 13.8. The van der Waals surface area contributed by atoms with Crippen molar-refractivity contribution in [1.82, 2.24) is 4.98 Å². The molecule has 1 aromatic heterocycles. The smallest absolute Gasteiger partial charge is 0.257 e. The number of amides is 1. The molecule has 3 nitrogen and oxygen atoms in total. The Hall–Kier alpha value is -2.25. The van der Waals surface area contributed by atoms with E-state index in [1.807, 2.05) is 25.1 Å². The minimum Gasteiger partial charge on any atom is -0.298 e. The molecule has 0 saturated carbocycles. The minimum atomic E-state index is -0.688. The van der Waals surface area contributed by atoms with Gasteiger partial charge in [0.15, 0.2) is 5.13 Å². The van der Waals surface area contributed by atoms with Gasteiger partial charge in [-0.1, -0.05) is 13.0 Å². The van der Waals surface area contributed by atoms with Crippen molar-refractivity contribution in [2.75, 3.05) is 11.1 Å². The molecule has 1 heterocycles. The summed E-state index contributed by atoms with van der Waals surface area (Å²) >= 11 is 2.84. The van der Waals surface area contributed by atoms with Crippen molar-refractivity contribution in [2.24, 2.45) is 0 Å². The van der Waals surface area contributed by atoms with Crippen molar-refractivity contribution in [3.05, 3.63) is 65.0 Å². The van der Waals surface area contributed by atoms with Crippen LogP contribution in [0, 0.1) is 11.6 Å². The average Bonchev–Trinajstić information content (AvgIpc) is 3.03. The Bertz CT molecular complexity index is 912. The second-order valence-electron chi connectivity index (χ2n) is 5.08. The first-order valence-electron chi connectivity index (χ1n) is 7.52. The van der Waals surface area contributed by atoms with E-state index in [0.717, 1.165) is 16.7 Å². The van der Waals surface area contributed by atoms with E-state index in [9.17, 15) is 13.6 Å². The van der Waals surface area contributed by atoms with Crippen LogP contribution in [0.15, 0.2) is 52.7 Å². The number of nitrogens with zero attached hydrogens (tertiary/aromatic N) is 1. The molecule has 3 rings (SSSR count). The predicted molar refractivity (Wildman–Crippen MR) is 98.3 cm³/mol. The number of thiazole rings is 1. The lowest BCUT2D eigenvalue weighted by atomic mass is 10.1. The zero-order valence-electron chi connectivity index (χ0n) is 13.3. The van der Waals surface area contributed by atoms with Crippen LogP contribution in [0.1, 0.15) is 17.3 Å². The van der Waals surface area contributed by atoms with Gasteiger partial charge in [0.1, 0.15) is 11.6 Å². The number of halogens is 2. The number of carbonyl (C=O) groups is 1. The van der Waals surface area contributed by atoms with Crippen LogP contribution in [0.3, 0.4) is 0 Å². The number of nitrogens with one attached hydrogen (secondary N) is 1. The van der Waals surface area contributed by atoms with E-state index < -0.39 is 11.6 Å². The van der Waals surface area contributed by atoms with Gasteiger partial charge in [0.05, 0.1) is 5.69 Å². The van der Waals surface area contributed by atoms with E-state index in [1.54, 1.807) is 23.2 Å². The van der Waals surface area contributed by atoms with Gasteiger partial charge in [-0.15, -0.1) is 23.1 Å². The molecule has 1 amide bonds. The molecule has 0 fully saturated rings. The topological polar surface area (TPSA) is 42.0 Å². The van der Waals surface area contributed by atoms with Crippen molar-refractivity contribution in [2.45, 2.75) is 11.8 Å². The lowest BCUT2D eigenvalue weighted by Gasteiger charge is -2.04. The van der Waals surface area contributed by atoms with Crippen molar-refractivity contribution in [3.63, 3.8) is 0 Å². The fraction of sp³-hybridized carbons (Fsp3) is 0.111. The number of carbonyl (C=O) groups excluding carboxylic acids is 1. The van der Waals surface area contributed by atoms with Crippen LogP contribution in [-0.4, -0.2) is 16.6 Å². The number of anilines is 1. The molecule has 0 saturated heterocycles. The van der Waals surface area contributed by atoms with Crippen LogP contribution in [0.2, 0.25) is 0 Å². The molecule has 0 aliphatic carbocycles. The summed E-state index contributed by atoms with van der Waals surface area (Å²) in [6.07, 6.45) is 0. The highest BCUT2D eigenvalue weighted by Crippen LogP contribution is 2.28. The Morgan fingerprint density at radius 1 is 1.24 bits per heavy atom. The zero-order valence-corrected chi connectivity index (χ0v) is 14.9. The highest BCUT2D eigenvalue weighted by Gasteiger charge is 2.13. The molecule has 0 atom stereocenters. The highest BCUT2D eigenvalue weighted by atomic mass is 32.2. The van der Waals surface area contributed by atoms with E-state index in [2.05, 4.69) is 10.3 Å². The molecule has 1 N–H and O–H groups in total.